The molecule has 0 aromatic heterocycles. The van der Waals surface area contributed by atoms with Crippen LogP contribution in [0.4, 0.5) is 0 Å². The Bertz CT molecular complexity index is 1090. The van der Waals surface area contributed by atoms with E-state index in [9.17, 15) is 0 Å². The third kappa shape index (κ3) is 4.21. The molecule has 0 N–H and O–H groups in total. The zero-order valence-corrected chi connectivity index (χ0v) is 21.3. The summed E-state index contributed by atoms with van der Waals surface area (Å²) in [4.78, 5) is 0. The van der Waals surface area contributed by atoms with Gasteiger partial charge in [-0.1, -0.05) is 55.5 Å². The summed E-state index contributed by atoms with van der Waals surface area (Å²) in [6.45, 7) is 2.27. The molecular weight excluding hydrogens is 498 g/mol. The van der Waals surface area contributed by atoms with Crippen LogP contribution >= 0.6 is 0 Å². The molecule has 0 fully saturated rings. The Hall–Kier alpha value is -1.66. The van der Waals surface area contributed by atoms with Crippen LogP contribution in [0.25, 0.3) is 22.3 Å². The number of hydrogen-bond acceptors (Lipinski definition) is 0. The molecule has 4 aromatic carbocycles. The molecule has 6 rings (SSSR count). The second-order valence-electron chi connectivity index (χ2n) is 7.74. The summed E-state index contributed by atoms with van der Waals surface area (Å²) in [5, 5.41) is 0. The van der Waals surface area contributed by atoms with Gasteiger partial charge in [0.05, 0.1) is 0 Å². The van der Waals surface area contributed by atoms with Gasteiger partial charge < -0.3 is 24.8 Å². The third-order valence-electron chi connectivity index (χ3n) is 6.20. The van der Waals surface area contributed by atoms with Crippen LogP contribution in [0.5, 0.6) is 0 Å². The van der Waals surface area contributed by atoms with E-state index in [0.717, 1.165) is 0 Å². The zero-order valence-electron chi connectivity index (χ0n) is 17.4. The molecule has 0 saturated carbocycles. The van der Waals surface area contributed by atoms with Crippen LogP contribution in [0, 0.1) is 0 Å². The molecule has 0 amide bonds. The van der Waals surface area contributed by atoms with Crippen molar-refractivity contribution in [2.24, 2.45) is 0 Å². The van der Waals surface area contributed by atoms with Crippen LogP contribution in [0.15, 0.2) is 97.1 Å². The van der Waals surface area contributed by atoms with Crippen molar-refractivity contribution < 1.29 is 49.5 Å². The van der Waals surface area contributed by atoms with Crippen LogP contribution in [-0.4, -0.2) is 0 Å². The van der Waals surface area contributed by atoms with Crippen molar-refractivity contribution in [1.82, 2.24) is 0 Å². The monoisotopic (exact) mass is 519 g/mol. The van der Waals surface area contributed by atoms with Gasteiger partial charge >= 0.3 is 99.1 Å². The fraction of sp³-hybridized carbons (Fsp3) is 0.143. The van der Waals surface area contributed by atoms with Crippen LogP contribution < -0.4 is 24.8 Å². The number of benzene rings is 4. The van der Waals surface area contributed by atoms with Crippen molar-refractivity contribution in [3.8, 4) is 22.3 Å². The quantitative estimate of drug-likeness (QED) is 0.357. The van der Waals surface area contributed by atoms with E-state index < -0.39 is 0 Å². The van der Waals surface area contributed by atoms with Crippen molar-refractivity contribution in [2.45, 2.75) is 22.9 Å². The molecule has 4 aromatic rings. The van der Waals surface area contributed by atoms with Crippen LogP contribution in [0.2, 0.25) is 0 Å². The summed E-state index contributed by atoms with van der Waals surface area (Å²) >= 11 is 1.58. The van der Waals surface area contributed by atoms with E-state index >= 15 is 0 Å². The number of hydrogen-bond donors (Lipinski definition) is 0. The van der Waals surface area contributed by atoms with Gasteiger partial charge in [-0.25, -0.2) is 0 Å². The average Bonchev–Trinajstić information content (AvgIpc) is 3.27. The molecular formula is C28H23Cl2Zr. The Morgan fingerprint density at radius 1 is 0.516 bits per heavy atom. The first-order chi connectivity index (χ1) is 14.3. The van der Waals surface area contributed by atoms with E-state index in [-0.39, 0.29) is 24.8 Å². The summed E-state index contributed by atoms with van der Waals surface area (Å²) in [7, 11) is 0. The molecule has 3 heteroatoms. The van der Waals surface area contributed by atoms with Gasteiger partial charge in [-0.3, -0.25) is 0 Å². The Kier molecular flexibility index (Phi) is 7.98. The molecule has 153 valence electrons. The van der Waals surface area contributed by atoms with Crippen LogP contribution in [0.3, 0.4) is 0 Å². The first-order valence-corrected chi connectivity index (χ1v) is 11.8. The molecule has 0 heterocycles. The Labute approximate surface area is 212 Å². The summed E-state index contributed by atoms with van der Waals surface area (Å²) in [6.07, 6.45) is 1.19. The normalized spacial score (nSPS) is 12.9. The van der Waals surface area contributed by atoms with Gasteiger partial charge in [-0.15, -0.1) is 0 Å². The first kappa shape index (κ1) is 24.0. The maximum absolute atomic E-state index is 2.27. The molecule has 0 atom stereocenters. The van der Waals surface area contributed by atoms with Gasteiger partial charge in [-0.2, -0.15) is 0 Å². The van der Waals surface area contributed by atoms with Gasteiger partial charge in [0.15, 0.2) is 0 Å². The van der Waals surface area contributed by atoms with Crippen LogP contribution in [-0.2, 0) is 24.7 Å². The SMILES string of the molecule is CCC1c2ccccc2-c2ccccc21.[Cl-].[Cl-].[Zr+2][CH]1c2ccccc2-c2ccccc21. The standard InChI is InChI=1S/C15H14.C13H9.2ClH.Zr/c1-2-11-12-7-3-5-9-14(12)15-10-6-4-8-13(11)15;1-3-7-12-10(5-1)9-11-6-2-4-8-13(11)12;;;/h3-11H,2H2,1H3;1-9H;2*1H;/q;;;;+2/p-2. The van der Waals surface area contributed by atoms with Gasteiger partial charge in [-0.05, 0) is 28.7 Å². The topological polar surface area (TPSA) is 0 Å². The second kappa shape index (κ2) is 10.3. The second-order valence-corrected chi connectivity index (χ2v) is 9.16. The fourth-order valence-electron chi connectivity index (χ4n) is 4.86. The predicted octanol–water partition coefficient (Wildman–Crippen LogP) is 1.52. The molecule has 0 spiro atoms. The summed E-state index contributed by atoms with van der Waals surface area (Å²) in [5.74, 6) is 0.609. The van der Waals surface area contributed by atoms with E-state index in [1.165, 1.54) is 50.9 Å². The van der Waals surface area contributed by atoms with Gasteiger partial charge in [0.2, 0.25) is 0 Å². The summed E-state index contributed by atoms with van der Waals surface area (Å²) in [5.41, 5.74) is 11.7. The number of fused-ring (bicyclic) bond motifs is 6. The first-order valence-electron chi connectivity index (χ1n) is 10.4. The van der Waals surface area contributed by atoms with Crippen molar-refractivity contribution in [2.75, 3.05) is 0 Å². The van der Waals surface area contributed by atoms with E-state index in [0.29, 0.717) is 9.54 Å². The van der Waals surface area contributed by atoms with Gasteiger partial charge in [0.25, 0.3) is 0 Å². The molecule has 2 aliphatic carbocycles. The van der Waals surface area contributed by atoms with Crippen molar-refractivity contribution in [3.63, 3.8) is 0 Å². The molecule has 0 nitrogen and oxygen atoms in total. The van der Waals surface area contributed by atoms with Gasteiger partial charge in [0, 0.05) is 5.92 Å². The fourth-order valence-corrected chi connectivity index (χ4v) is 6.09. The van der Waals surface area contributed by atoms with Crippen molar-refractivity contribution in [1.29, 1.82) is 0 Å². The molecule has 31 heavy (non-hydrogen) atoms. The zero-order chi connectivity index (χ0) is 19.8. The Morgan fingerprint density at radius 2 is 0.806 bits per heavy atom. The molecule has 2 aliphatic rings. The molecule has 0 radical (unpaired) electrons. The minimum absolute atomic E-state index is 0. The van der Waals surface area contributed by atoms with Crippen molar-refractivity contribution in [3.05, 3.63) is 119 Å². The van der Waals surface area contributed by atoms with Crippen molar-refractivity contribution >= 4 is 0 Å². The Morgan fingerprint density at radius 3 is 1.16 bits per heavy atom. The predicted molar refractivity (Wildman–Crippen MR) is 118 cm³/mol. The van der Waals surface area contributed by atoms with E-state index in [4.69, 9.17) is 0 Å². The van der Waals surface area contributed by atoms with E-state index in [2.05, 4.69) is 104 Å². The molecule has 0 saturated heterocycles. The van der Waals surface area contributed by atoms with E-state index in [1.807, 2.05) is 0 Å². The van der Waals surface area contributed by atoms with Crippen LogP contribution in [0.1, 0.15) is 45.1 Å². The van der Waals surface area contributed by atoms with Gasteiger partial charge in [0.1, 0.15) is 0 Å². The Balaban J connectivity index is 0.000000165. The minimum atomic E-state index is 0. The third-order valence-corrected chi connectivity index (χ3v) is 7.73. The summed E-state index contributed by atoms with van der Waals surface area (Å²) < 4.78 is 0.648. The molecule has 0 unspecified atom stereocenters. The summed E-state index contributed by atoms with van der Waals surface area (Å²) in [6, 6.07) is 35.1. The molecule has 0 bridgehead atoms. The van der Waals surface area contributed by atoms with E-state index in [1.54, 1.807) is 24.7 Å². The number of rotatable bonds is 1. The molecule has 0 aliphatic heterocycles. The average molecular weight is 522 g/mol. The maximum atomic E-state index is 2.27. The number of halogens is 2.